The van der Waals surface area contributed by atoms with Crippen LogP contribution in [-0.2, 0) is 11.2 Å². The number of carboxylic acid groups (broad SMARTS) is 1. The SMILES string of the molecule is CC(C)n1c(CC[C@@H](O)C[C@@H](O)CC(=O)O)c(-c2ccc(F)cc2)c(-c2ccc(F)cc2)c1C(=O)Nc1ccc(O)cc1.[H-].[Na+]. The number of anilines is 1. The summed E-state index contributed by atoms with van der Waals surface area (Å²) >= 11 is 0. The number of aromatic hydroxyl groups is 1. The van der Waals surface area contributed by atoms with E-state index in [2.05, 4.69) is 5.32 Å². The minimum Gasteiger partial charge on any atom is -1.00 e. The summed E-state index contributed by atoms with van der Waals surface area (Å²) in [4.78, 5) is 25.0. The van der Waals surface area contributed by atoms with Crippen LogP contribution in [0.15, 0.2) is 72.8 Å². The number of aliphatic hydroxyl groups is 2. The summed E-state index contributed by atoms with van der Waals surface area (Å²) in [6, 6.07) is 17.1. The second-order valence-corrected chi connectivity index (χ2v) is 10.7. The Morgan fingerprint density at radius 3 is 1.86 bits per heavy atom. The fraction of sp³-hybridized carbons (Fsp3) is 0.273. The summed E-state index contributed by atoms with van der Waals surface area (Å²) in [5.74, 6) is -2.55. The number of aliphatic hydroxyl groups excluding tert-OH is 2. The van der Waals surface area contributed by atoms with Gasteiger partial charge in [0, 0.05) is 28.6 Å². The minimum absolute atomic E-state index is 0. The number of phenols is 1. The molecular formula is C33H35F2N2NaO6. The van der Waals surface area contributed by atoms with Gasteiger partial charge in [-0.1, -0.05) is 24.3 Å². The summed E-state index contributed by atoms with van der Waals surface area (Å²) in [5, 5.41) is 42.3. The summed E-state index contributed by atoms with van der Waals surface area (Å²) in [7, 11) is 0. The number of carbonyl (C=O) groups is 2. The number of carbonyl (C=O) groups excluding carboxylic acids is 1. The van der Waals surface area contributed by atoms with Crippen molar-refractivity contribution in [3.63, 3.8) is 0 Å². The fourth-order valence-electron chi connectivity index (χ4n) is 5.26. The molecule has 0 saturated heterocycles. The molecule has 44 heavy (non-hydrogen) atoms. The molecule has 5 N–H and O–H groups in total. The van der Waals surface area contributed by atoms with Crippen LogP contribution in [0.4, 0.5) is 14.5 Å². The Balaban J connectivity index is 0.00000353. The number of amides is 1. The zero-order chi connectivity index (χ0) is 31.3. The number of phenolic OH excluding ortho intramolecular Hbond substituents is 1. The largest absolute Gasteiger partial charge is 1.00 e. The van der Waals surface area contributed by atoms with Crippen molar-refractivity contribution >= 4 is 17.6 Å². The van der Waals surface area contributed by atoms with E-state index in [0.717, 1.165) is 0 Å². The predicted octanol–water partition coefficient (Wildman–Crippen LogP) is 3.27. The Morgan fingerprint density at radius 2 is 1.36 bits per heavy atom. The van der Waals surface area contributed by atoms with Gasteiger partial charge in [-0.2, -0.15) is 0 Å². The number of nitrogens with one attached hydrogen (secondary N) is 1. The molecule has 0 aliphatic heterocycles. The normalized spacial score (nSPS) is 12.4. The van der Waals surface area contributed by atoms with E-state index in [-0.39, 0.29) is 67.7 Å². The molecule has 3 aromatic carbocycles. The van der Waals surface area contributed by atoms with Crippen LogP contribution in [0.25, 0.3) is 22.3 Å². The van der Waals surface area contributed by atoms with E-state index in [4.69, 9.17) is 5.11 Å². The fourth-order valence-corrected chi connectivity index (χ4v) is 5.26. The number of aliphatic carboxylic acids is 1. The monoisotopic (exact) mass is 616 g/mol. The van der Waals surface area contributed by atoms with Crippen LogP contribution < -0.4 is 34.9 Å². The molecule has 8 nitrogen and oxygen atoms in total. The molecule has 2 atom stereocenters. The quantitative estimate of drug-likeness (QED) is 0.123. The number of benzene rings is 3. The molecule has 0 aliphatic carbocycles. The number of halogens is 2. The molecular weight excluding hydrogens is 581 g/mol. The minimum atomic E-state index is -1.23. The van der Waals surface area contributed by atoms with Crippen molar-refractivity contribution in [2.45, 2.75) is 57.8 Å². The van der Waals surface area contributed by atoms with Crippen LogP contribution in [0.3, 0.4) is 0 Å². The van der Waals surface area contributed by atoms with Gasteiger partial charge in [0.25, 0.3) is 5.91 Å². The van der Waals surface area contributed by atoms with Gasteiger partial charge in [-0.05, 0) is 92.8 Å². The number of aromatic nitrogens is 1. The molecule has 1 amide bonds. The van der Waals surface area contributed by atoms with Crippen LogP contribution in [0.1, 0.15) is 56.8 Å². The molecule has 4 rings (SSSR count). The summed E-state index contributed by atoms with van der Waals surface area (Å²) < 4.78 is 29.9. The summed E-state index contributed by atoms with van der Waals surface area (Å²) in [6.45, 7) is 3.77. The zero-order valence-electron chi connectivity index (χ0n) is 25.8. The van der Waals surface area contributed by atoms with E-state index in [0.29, 0.717) is 33.6 Å². The molecule has 1 heterocycles. The second kappa shape index (κ2) is 15.5. The topological polar surface area (TPSA) is 132 Å². The second-order valence-electron chi connectivity index (χ2n) is 10.7. The van der Waals surface area contributed by atoms with E-state index in [1.54, 1.807) is 36.4 Å². The van der Waals surface area contributed by atoms with E-state index >= 15 is 0 Å². The van der Waals surface area contributed by atoms with Crippen molar-refractivity contribution in [3.8, 4) is 28.0 Å². The van der Waals surface area contributed by atoms with Gasteiger partial charge in [0.1, 0.15) is 23.1 Å². The van der Waals surface area contributed by atoms with E-state index < -0.39 is 42.1 Å². The molecule has 11 heteroatoms. The van der Waals surface area contributed by atoms with Crippen LogP contribution >= 0.6 is 0 Å². The number of nitrogens with zero attached hydrogens (tertiary/aromatic N) is 1. The first-order valence-corrected chi connectivity index (χ1v) is 13.9. The van der Waals surface area contributed by atoms with E-state index in [1.807, 2.05) is 18.4 Å². The molecule has 0 aliphatic rings. The molecule has 0 bridgehead atoms. The Bertz CT molecular complexity index is 1580. The smallest absolute Gasteiger partial charge is 1.00 e. The first-order chi connectivity index (χ1) is 20.4. The molecule has 0 saturated carbocycles. The van der Waals surface area contributed by atoms with Crippen LogP contribution in [0.2, 0.25) is 0 Å². The molecule has 1 aromatic heterocycles. The number of rotatable bonds is 12. The Kier molecular flexibility index (Phi) is 12.3. The number of hydrogen-bond donors (Lipinski definition) is 5. The first kappa shape index (κ1) is 34.9. The van der Waals surface area contributed by atoms with Gasteiger partial charge in [-0.3, -0.25) is 9.59 Å². The van der Waals surface area contributed by atoms with Crippen molar-refractivity contribution in [2.75, 3.05) is 5.32 Å². The van der Waals surface area contributed by atoms with E-state index in [9.17, 15) is 33.7 Å². The summed E-state index contributed by atoms with van der Waals surface area (Å²) in [5.41, 5.74) is 3.52. The first-order valence-electron chi connectivity index (χ1n) is 13.9. The van der Waals surface area contributed by atoms with Gasteiger partial charge in [0.2, 0.25) is 0 Å². The number of hydrogen-bond acceptors (Lipinski definition) is 5. The van der Waals surface area contributed by atoms with Crippen molar-refractivity contribution < 1.29 is 69.8 Å². The van der Waals surface area contributed by atoms with Gasteiger partial charge < -0.3 is 31.7 Å². The Morgan fingerprint density at radius 1 is 0.841 bits per heavy atom. The van der Waals surface area contributed by atoms with Crippen LogP contribution in [-0.4, -0.2) is 49.1 Å². The van der Waals surface area contributed by atoms with Crippen molar-refractivity contribution in [1.82, 2.24) is 4.57 Å². The van der Waals surface area contributed by atoms with Crippen LogP contribution in [0, 0.1) is 11.6 Å². The predicted molar refractivity (Wildman–Crippen MR) is 160 cm³/mol. The molecule has 0 fully saturated rings. The Labute approximate surface area is 277 Å². The average Bonchev–Trinajstić information content (AvgIpc) is 3.29. The maximum Gasteiger partial charge on any atom is 1.00 e. The maximum atomic E-state index is 14.1. The average molecular weight is 617 g/mol. The third kappa shape index (κ3) is 8.55. The zero-order valence-corrected chi connectivity index (χ0v) is 26.8. The maximum absolute atomic E-state index is 14.1. The van der Waals surface area contributed by atoms with E-state index in [1.165, 1.54) is 36.4 Å². The van der Waals surface area contributed by atoms with Gasteiger partial charge in [-0.15, -0.1) is 0 Å². The molecule has 0 spiro atoms. The van der Waals surface area contributed by atoms with Crippen molar-refractivity contribution in [1.29, 1.82) is 0 Å². The molecule has 228 valence electrons. The van der Waals surface area contributed by atoms with Gasteiger partial charge in [0.15, 0.2) is 0 Å². The third-order valence-electron chi connectivity index (χ3n) is 7.10. The van der Waals surface area contributed by atoms with Crippen molar-refractivity contribution in [3.05, 3.63) is 95.8 Å². The van der Waals surface area contributed by atoms with Gasteiger partial charge in [-0.25, -0.2) is 8.78 Å². The standard InChI is InChI=1S/C33H34F2N2O6.Na.H/c1-19(2)37-28(16-15-26(39)17-27(40)18-29(41)42)30(20-3-7-22(34)8-4-20)31(21-5-9-23(35)10-6-21)32(37)33(43)36-24-11-13-25(38)14-12-24;;/h3-14,19,26-27,38-40H,15-18H2,1-2H3,(H,36,43)(H,41,42);;/q;+1;-1/t26-,27-;;/m1../s1. The van der Waals surface area contributed by atoms with Crippen LogP contribution in [0.5, 0.6) is 5.75 Å². The third-order valence-corrected chi connectivity index (χ3v) is 7.10. The number of carboxylic acids is 1. The van der Waals surface area contributed by atoms with Gasteiger partial charge >= 0.3 is 35.5 Å². The van der Waals surface area contributed by atoms with Crippen molar-refractivity contribution in [2.24, 2.45) is 0 Å². The molecule has 0 radical (unpaired) electrons. The molecule has 4 aromatic rings. The molecule has 0 unspecified atom stereocenters. The Hall–Kier alpha value is -3.54. The van der Waals surface area contributed by atoms with Gasteiger partial charge in [0.05, 0.1) is 18.6 Å². The summed E-state index contributed by atoms with van der Waals surface area (Å²) in [6.07, 6.45) is -2.59.